The molecule has 3 heteroatoms. The highest BCUT2D eigenvalue weighted by Crippen LogP contribution is 2.15. The van der Waals surface area contributed by atoms with Crippen molar-refractivity contribution < 1.29 is 9.53 Å². The lowest BCUT2D eigenvalue weighted by Gasteiger charge is -2.07. The minimum atomic E-state index is -0.250. The van der Waals surface area contributed by atoms with Crippen LogP contribution in [0, 0.1) is 5.92 Å². The van der Waals surface area contributed by atoms with Crippen molar-refractivity contribution in [2.75, 3.05) is 6.61 Å². The molecule has 0 rings (SSSR count). The molecule has 0 N–H and O–H groups in total. The molecule has 0 aromatic carbocycles. The highest BCUT2D eigenvalue weighted by Gasteiger charge is 2.14. The molecule has 0 aliphatic rings. The standard InChI is InChI=1S/C7H11BrO2/c1-4-10-7(9)5(2)6(3)8/h5H,3-4H2,1-2H3. The maximum absolute atomic E-state index is 10.9. The number of carbonyl (C=O) groups excluding carboxylic acids is 1. The Morgan fingerprint density at radius 2 is 2.30 bits per heavy atom. The summed E-state index contributed by atoms with van der Waals surface area (Å²) in [6, 6.07) is 0. The van der Waals surface area contributed by atoms with Gasteiger partial charge in [0.05, 0.1) is 12.5 Å². The molecule has 0 bridgehead atoms. The minimum absolute atomic E-state index is 0.232. The van der Waals surface area contributed by atoms with Gasteiger partial charge in [-0.15, -0.1) is 0 Å². The van der Waals surface area contributed by atoms with Crippen LogP contribution in [0.2, 0.25) is 0 Å². The fourth-order valence-corrected chi connectivity index (χ4v) is 0.582. The van der Waals surface area contributed by atoms with Gasteiger partial charge in [0, 0.05) is 4.48 Å². The third kappa shape index (κ3) is 3.01. The van der Waals surface area contributed by atoms with E-state index in [1.807, 2.05) is 0 Å². The van der Waals surface area contributed by atoms with Crippen molar-refractivity contribution >= 4 is 21.9 Å². The van der Waals surface area contributed by atoms with Crippen LogP contribution < -0.4 is 0 Å². The fraction of sp³-hybridized carbons (Fsp3) is 0.571. The molecule has 0 heterocycles. The number of esters is 1. The Bertz CT molecular complexity index is 143. The molecule has 0 radical (unpaired) electrons. The molecular weight excluding hydrogens is 196 g/mol. The summed E-state index contributed by atoms with van der Waals surface area (Å²) >= 11 is 3.12. The van der Waals surface area contributed by atoms with Gasteiger partial charge in [-0.3, -0.25) is 4.79 Å². The molecule has 0 aliphatic carbocycles. The van der Waals surface area contributed by atoms with Crippen molar-refractivity contribution in [1.29, 1.82) is 0 Å². The van der Waals surface area contributed by atoms with Gasteiger partial charge < -0.3 is 4.74 Å². The number of halogens is 1. The number of hydrogen-bond donors (Lipinski definition) is 0. The van der Waals surface area contributed by atoms with Crippen LogP contribution in [0.1, 0.15) is 13.8 Å². The molecule has 10 heavy (non-hydrogen) atoms. The maximum atomic E-state index is 10.9. The molecule has 0 saturated heterocycles. The minimum Gasteiger partial charge on any atom is -0.466 e. The van der Waals surface area contributed by atoms with Crippen LogP contribution in [-0.2, 0) is 9.53 Å². The van der Waals surface area contributed by atoms with E-state index in [1.165, 1.54) is 0 Å². The lowest BCUT2D eigenvalue weighted by atomic mass is 10.2. The van der Waals surface area contributed by atoms with E-state index in [0.29, 0.717) is 11.1 Å². The first-order valence-corrected chi connectivity index (χ1v) is 3.89. The van der Waals surface area contributed by atoms with Gasteiger partial charge in [0.15, 0.2) is 0 Å². The Balaban J connectivity index is 3.82. The molecular formula is C7H11BrO2. The van der Waals surface area contributed by atoms with Crippen LogP contribution in [0.5, 0.6) is 0 Å². The predicted molar refractivity (Wildman–Crippen MR) is 43.9 cm³/mol. The number of ether oxygens (including phenoxy) is 1. The van der Waals surface area contributed by atoms with Gasteiger partial charge in [-0.1, -0.05) is 22.5 Å². The van der Waals surface area contributed by atoms with E-state index in [1.54, 1.807) is 13.8 Å². The number of carbonyl (C=O) groups is 1. The second-order valence-corrected chi connectivity index (χ2v) is 2.94. The molecule has 1 unspecified atom stereocenters. The van der Waals surface area contributed by atoms with E-state index >= 15 is 0 Å². The quantitative estimate of drug-likeness (QED) is 0.662. The summed E-state index contributed by atoms with van der Waals surface area (Å²) in [5.41, 5.74) is 0. The van der Waals surface area contributed by atoms with E-state index in [-0.39, 0.29) is 11.9 Å². The summed E-state index contributed by atoms with van der Waals surface area (Å²) in [6.45, 7) is 7.52. The number of rotatable bonds is 3. The lowest BCUT2D eigenvalue weighted by Crippen LogP contribution is -2.14. The zero-order chi connectivity index (χ0) is 8.15. The smallest absolute Gasteiger partial charge is 0.313 e. The first kappa shape index (κ1) is 9.69. The Labute approximate surface area is 69.4 Å². The summed E-state index contributed by atoms with van der Waals surface area (Å²) in [5, 5.41) is 0. The topological polar surface area (TPSA) is 26.3 Å². The zero-order valence-electron chi connectivity index (χ0n) is 6.19. The summed E-state index contributed by atoms with van der Waals surface area (Å²) in [5.74, 6) is -0.482. The summed E-state index contributed by atoms with van der Waals surface area (Å²) in [6.07, 6.45) is 0. The van der Waals surface area contributed by atoms with Gasteiger partial charge in [-0.05, 0) is 13.8 Å². The molecule has 1 atom stereocenters. The van der Waals surface area contributed by atoms with Crippen molar-refractivity contribution in [2.45, 2.75) is 13.8 Å². The van der Waals surface area contributed by atoms with Crippen LogP contribution in [-0.4, -0.2) is 12.6 Å². The summed E-state index contributed by atoms with van der Waals surface area (Å²) in [7, 11) is 0. The normalized spacial score (nSPS) is 12.3. The third-order valence-electron chi connectivity index (χ3n) is 1.11. The zero-order valence-corrected chi connectivity index (χ0v) is 7.77. The highest BCUT2D eigenvalue weighted by molar-refractivity contribution is 9.11. The largest absolute Gasteiger partial charge is 0.466 e. The Hall–Kier alpha value is -0.310. The predicted octanol–water partition coefficient (Wildman–Crippen LogP) is 2.09. The Morgan fingerprint density at radius 1 is 1.80 bits per heavy atom. The van der Waals surface area contributed by atoms with E-state index in [0.717, 1.165) is 0 Å². The van der Waals surface area contributed by atoms with Gasteiger partial charge in [0.1, 0.15) is 0 Å². The van der Waals surface area contributed by atoms with E-state index in [9.17, 15) is 4.79 Å². The molecule has 58 valence electrons. The lowest BCUT2D eigenvalue weighted by molar-refractivity contribution is -0.145. The van der Waals surface area contributed by atoms with E-state index in [2.05, 4.69) is 22.5 Å². The van der Waals surface area contributed by atoms with Crippen molar-refractivity contribution in [1.82, 2.24) is 0 Å². The van der Waals surface area contributed by atoms with Crippen LogP contribution in [0.3, 0.4) is 0 Å². The van der Waals surface area contributed by atoms with Crippen molar-refractivity contribution in [3.05, 3.63) is 11.1 Å². The van der Waals surface area contributed by atoms with E-state index < -0.39 is 0 Å². The monoisotopic (exact) mass is 206 g/mol. The Morgan fingerprint density at radius 3 is 2.60 bits per heavy atom. The SMILES string of the molecule is C=C(Br)C(C)C(=O)OCC. The molecule has 0 amide bonds. The second kappa shape index (κ2) is 4.50. The molecule has 0 aromatic heterocycles. The van der Waals surface area contributed by atoms with Crippen molar-refractivity contribution in [3.63, 3.8) is 0 Å². The Kier molecular flexibility index (Phi) is 4.36. The highest BCUT2D eigenvalue weighted by atomic mass is 79.9. The third-order valence-corrected chi connectivity index (χ3v) is 1.80. The average molecular weight is 207 g/mol. The molecule has 2 nitrogen and oxygen atoms in total. The second-order valence-electron chi connectivity index (χ2n) is 1.92. The molecule has 0 saturated carbocycles. The molecule has 0 fully saturated rings. The van der Waals surface area contributed by atoms with Gasteiger partial charge in [-0.25, -0.2) is 0 Å². The van der Waals surface area contributed by atoms with Gasteiger partial charge in [0.2, 0.25) is 0 Å². The van der Waals surface area contributed by atoms with Gasteiger partial charge >= 0.3 is 5.97 Å². The van der Waals surface area contributed by atoms with Crippen LogP contribution in [0.15, 0.2) is 11.1 Å². The first-order valence-electron chi connectivity index (χ1n) is 3.10. The van der Waals surface area contributed by atoms with Crippen LogP contribution in [0.25, 0.3) is 0 Å². The van der Waals surface area contributed by atoms with Gasteiger partial charge in [0.25, 0.3) is 0 Å². The first-order chi connectivity index (χ1) is 4.59. The average Bonchev–Trinajstić information content (AvgIpc) is 1.87. The fourth-order valence-electron chi connectivity index (χ4n) is 0.395. The molecule has 0 aromatic rings. The summed E-state index contributed by atoms with van der Waals surface area (Å²) in [4.78, 5) is 10.9. The van der Waals surface area contributed by atoms with Crippen LogP contribution in [0.4, 0.5) is 0 Å². The van der Waals surface area contributed by atoms with Gasteiger partial charge in [-0.2, -0.15) is 0 Å². The van der Waals surface area contributed by atoms with E-state index in [4.69, 9.17) is 4.74 Å². The summed E-state index contributed by atoms with van der Waals surface area (Å²) < 4.78 is 5.39. The van der Waals surface area contributed by atoms with Crippen molar-refractivity contribution in [2.24, 2.45) is 5.92 Å². The van der Waals surface area contributed by atoms with Crippen LogP contribution >= 0.6 is 15.9 Å². The van der Waals surface area contributed by atoms with Crippen molar-refractivity contribution in [3.8, 4) is 0 Å². The molecule has 0 spiro atoms. The number of hydrogen-bond acceptors (Lipinski definition) is 2. The maximum Gasteiger partial charge on any atom is 0.313 e. The molecule has 0 aliphatic heterocycles.